The number of hydrogen-bond donors (Lipinski definition) is 1. The second kappa shape index (κ2) is 8.85. The number of ether oxygens (including phenoxy) is 2. The van der Waals surface area contributed by atoms with E-state index in [0.29, 0.717) is 0 Å². The van der Waals surface area contributed by atoms with E-state index in [4.69, 9.17) is 6.42 Å². The summed E-state index contributed by atoms with van der Waals surface area (Å²) in [4.78, 5) is 24.0. The molecule has 0 bridgehead atoms. The largest absolute Gasteiger partial charge is 0.436 e. The number of alkyl carbamates (subject to hydrolysis) is 1. The monoisotopic (exact) mass is 399 g/mol. The lowest BCUT2D eigenvalue weighted by molar-refractivity contribution is -0.137. The molecule has 0 heterocycles. The van der Waals surface area contributed by atoms with Crippen LogP contribution in [0.15, 0.2) is 30.3 Å². The van der Waals surface area contributed by atoms with Crippen molar-refractivity contribution < 1.29 is 41.0 Å². The van der Waals surface area contributed by atoms with Gasteiger partial charge in [0.15, 0.2) is 12.6 Å². The third-order valence-electron chi connectivity index (χ3n) is 3.29. The highest BCUT2D eigenvalue weighted by atomic mass is 19.2. The molecule has 0 spiro atoms. The molecule has 146 valence electrons. The van der Waals surface area contributed by atoms with Gasteiger partial charge in [0, 0.05) is 0 Å². The van der Waals surface area contributed by atoms with Crippen molar-refractivity contribution in [2.24, 2.45) is 0 Å². The molecule has 0 aromatic heterocycles. The molecule has 10 heteroatoms. The number of amides is 1. The molecular formula is C18H10F5NO4. The summed E-state index contributed by atoms with van der Waals surface area (Å²) in [5.74, 6) is -13.0. The maximum Gasteiger partial charge on any atom is 0.409 e. The van der Waals surface area contributed by atoms with Crippen LogP contribution in [0.4, 0.5) is 26.7 Å². The molecule has 2 aromatic rings. The minimum atomic E-state index is -2.41. The molecule has 0 fully saturated rings. The Morgan fingerprint density at radius 3 is 2.04 bits per heavy atom. The Balaban J connectivity index is 2.36. The van der Waals surface area contributed by atoms with Crippen molar-refractivity contribution in [3.63, 3.8) is 0 Å². The number of hydrogen-bond acceptors (Lipinski definition) is 4. The molecule has 0 unspecified atom stereocenters. The molecule has 1 amide bonds. The SMILES string of the molecule is C#CCOC(=O)N[C@H](C(=O)Oc1c(F)c(F)c(F)c(F)c1F)c1ccccc1. The molecule has 0 aliphatic heterocycles. The van der Waals surface area contributed by atoms with Crippen LogP contribution in [0.3, 0.4) is 0 Å². The highest BCUT2D eigenvalue weighted by Crippen LogP contribution is 2.30. The van der Waals surface area contributed by atoms with Gasteiger partial charge in [0.25, 0.3) is 0 Å². The quantitative estimate of drug-likeness (QED) is 0.209. The van der Waals surface area contributed by atoms with Crippen LogP contribution < -0.4 is 10.1 Å². The third kappa shape index (κ3) is 4.37. The van der Waals surface area contributed by atoms with Gasteiger partial charge in [-0.15, -0.1) is 6.42 Å². The highest BCUT2D eigenvalue weighted by molar-refractivity contribution is 5.84. The zero-order valence-electron chi connectivity index (χ0n) is 13.8. The smallest absolute Gasteiger partial charge is 0.409 e. The van der Waals surface area contributed by atoms with Crippen molar-refractivity contribution in [2.45, 2.75) is 6.04 Å². The van der Waals surface area contributed by atoms with Gasteiger partial charge < -0.3 is 14.8 Å². The molecular weight excluding hydrogens is 389 g/mol. The Hall–Kier alpha value is -3.61. The van der Waals surface area contributed by atoms with Gasteiger partial charge in [-0.25, -0.2) is 22.8 Å². The fourth-order valence-electron chi connectivity index (χ4n) is 2.02. The molecule has 1 atom stereocenters. The van der Waals surface area contributed by atoms with E-state index in [2.05, 4.69) is 9.47 Å². The van der Waals surface area contributed by atoms with Crippen LogP contribution in [0.1, 0.15) is 11.6 Å². The number of halogens is 5. The average molecular weight is 399 g/mol. The summed E-state index contributed by atoms with van der Waals surface area (Å²) in [6.45, 7) is -0.444. The fourth-order valence-corrected chi connectivity index (χ4v) is 2.02. The normalized spacial score (nSPS) is 11.3. The number of benzene rings is 2. The Labute approximate surface area is 155 Å². The van der Waals surface area contributed by atoms with E-state index in [1.54, 1.807) is 6.07 Å². The van der Waals surface area contributed by atoms with Gasteiger partial charge in [0.1, 0.15) is 0 Å². The van der Waals surface area contributed by atoms with Crippen molar-refractivity contribution in [3.05, 3.63) is 65.0 Å². The van der Waals surface area contributed by atoms with Gasteiger partial charge in [-0.1, -0.05) is 36.3 Å². The van der Waals surface area contributed by atoms with Crippen molar-refractivity contribution in [3.8, 4) is 18.1 Å². The third-order valence-corrected chi connectivity index (χ3v) is 3.29. The van der Waals surface area contributed by atoms with Crippen LogP contribution in [0.5, 0.6) is 5.75 Å². The number of nitrogens with one attached hydrogen (secondary N) is 1. The lowest BCUT2D eigenvalue weighted by Crippen LogP contribution is -2.37. The zero-order chi connectivity index (χ0) is 20.8. The Morgan fingerprint density at radius 2 is 1.50 bits per heavy atom. The zero-order valence-corrected chi connectivity index (χ0v) is 13.8. The van der Waals surface area contributed by atoms with Gasteiger partial charge in [0.2, 0.25) is 34.8 Å². The Kier molecular flexibility index (Phi) is 6.55. The second-order valence-electron chi connectivity index (χ2n) is 5.09. The fraction of sp³-hybridized carbons (Fsp3) is 0.111. The first kappa shape index (κ1) is 20.7. The first-order valence-electron chi connectivity index (χ1n) is 7.42. The van der Waals surface area contributed by atoms with Gasteiger partial charge >= 0.3 is 12.1 Å². The van der Waals surface area contributed by atoms with Gasteiger partial charge in [-0.3, -0.25) is 0 Å². The van der Waals surface area contributed by atoms with E-state index >= 15 is 0 Å². The molecule has 0 saturated carbocycles. The van der Waals surface area contributed by atoms with Crippen molar-refractivity contribution in [1.29, 1.82) is 0 Å². The lowest BCUT2D eigenvalue weighted by atomic mass is 10.1. The van der Waals surface area contributed by atoms with Crippen LogP contribution in [-0.4, -0.2) is 18.7 Å². The Morgan fingerprint density at radius 1 is 0.964 bits per heavy atom. The summed E-state index contributed by atoms with van der Waals surface area (Å²) in [5.41, 5.74) is 0.0778. The average Bonchev–Trinajstić information content (AvgIpc) is 2.71. The first-order valence-corrected chi connectivity index (χ1v) is 7.42. The van der Waals surface area contributed by atoms with Gasteiger partial charge in [-0.05, 0) is 5.56 Å². The Bertz CT molecular complexity index is 914. The van der Waals surface area contributed by atoms with Crippen molar-refractivity contribution in [2.75, 3.05) is 6.61 Å². The van der Waals surface area contributed by atoms with Crippen LogP contribution in [0.2, 0.25) is 0 Å². The van der Waals surface area contributed by atoms with Crippen molar-refractivity contribution in [1.82, 2.24) is 5.32 Å². The second-order valence-corrected chi connectivity index (χ2v) is 5.09. The predicted octanol–water partition coefficient (Wildman–Crippen LogP) is 3.39. The summed E-state index contributed by atoms with van der Waals surface area (Å²) < 4.78 is 76.0. The van der Waals surface area contributed by atoms with Crippen LogP contribution >= 0.6 is 0 Å². The standard InChI is InChI=1S/C18H10F5NO4/c1-2-8-27-18(26)24-15(9-6-4-3-5-7-9)17(25)28-16-13(22)11(20)10(19)12(21)14(16)23/h1,3-7,15H,8H2,(H,24,26)/t15-/m0/s1. The van der Waals surface area contributed by atoms with Crippen LogP contribution in [0.25, 0.3) is 0 Å². The summed E-state index contributed by atoms with van der Waals surface area (Å²) in [7, 11) is 0. The number of esters is 1. The number of carbonyl (C=O) groups excluding carboxylic acids is 2. The minimum absolute atomic E-state index is 0.0778. The topological polar surface area (TPSA) is 64.6 Å². The first-order chi connectivity index (χ1) is 13.3. The van der Waals surface area contributed by atoms with E-state index in [1.165, 1.54) is 24.3 Å². The van der Waals surface area contributed by atoms with E-state index in [-0.39, 0.29) is 5.56 Å². The molecule has 0 saturated heterocycles. The number of terminal acetylenes is 1. The molecule has 0 aliphatic rings. The van der Waals surface area contributed by atoms with E-state index in [0.717, 1.165) is 0 Å². The van der Waals surface area contributed by atoms with Crippen LogP contribution in [0, 0.1) is 41.4 Å². The molecule has 2 rings (SSSR count). The minimum Gasteiger partial charge on any atom is -0.436 e. The highest BCUT2D eigenvalue weighted by Gasteiger charge is 2.32. The van der Waals surface area contributed by atoms with E-state index in [1.807, 2.05) is 11.2 Å². The predicted molar refractivity (Wildman–Crippen MR) is 84.4 cm³/mol. The lowest BCUT2D eigenvalue weighted by Gasteiger charge is -2.18. The molecule has 0 aliphatic carbocycles. The summed E-state index contributed by atoms with van der Waals surface area (Å²) in [6, 6.07) is 5.47. The van der Waals surface area contributed by atoms with Crippen molar-refractivity contribution >= 4 is 12.1 Å². The van der Waals surface area contributed by atoms with Crippen LogP contribution in [-0.2, 0) is 9.53 Å². The molecule has 1 N–H and O–H groups in total. The van der Waals surface area contributed by atoms with E-state index < -0.39 is 59.5 Å². The van der Waals surface area contributed by atoms with Gasteiger partial charge in [0.05, 0.1) is 0 Å². The molecule has 2 aromatic carbocycles. The summed E-state index contributed by atoms with van der Waals surface area (Å²) in [6.07, 6.45) is 3.74. The number of rotatable bonds is 5. The van der Waals surface area contributed by atoms with Gasteiger partial charge in [-0.2, -0.15) is 8.78 Å². The number of carbonyl (C=O) groups is 2. The van der Waals surface area contributed by atoms with E-state index in [9.17, 15) is 31.5 Å². The maximum absolute atomic E-state index is 13.7. The molecule has 5 nitrogen and oxygen atoms in total. The molecule has 0 radical (unpaired) electrons. The maximum atomic E-state index is 13.7. The summed E-state index contributed by atoms with van der Waals surface area (Å²) >= 11 is 0. The molecule has 28 heavy (non-hydrogen) atoms. The summed E-state index contributed by atoms with van der Waals surface area (Å²) in [5, 5.41) is 2.03.